The summed E-state index contributed by atoms with van der Waals surface area (Å²) in [5, 5.41) is 0.749. The average molecular weight is 447 g/mol. The van der Waals surface area contributed by atoms with Crippen molar-refractivity contribution in [3.63, 3.8) is 0 Å². The van der Waals surface area contributed by atoms with Crippen molar-refractivity contribution < 1.29 is 0 Å². The van der Waals surface area contributed by atoms with E-state index in [4.69, 9.17) is 11.6 Å². The summed E-state index contributed by atoms with van der Waals surface area (Å²) in [5.74, 6) is 0. The van der Waals surface area contributed by atoms with E-state index in [1.54, 1.807) is 11.8 Å². The molecule has 0 radical (unpaired) electrons. The van der Waals surface area contributed by atoms with Crippen molar-refractivity contribution in [3.05, 3.63) is 120 Å². The maximum Gasteiger partial charge on any atom is 0.0412 e. The van der Waals surface area contributed by atoms with Crippen LogP contribution >= 0.6 is 23.4 Å². The number of rotatable bonds is 0. The molecule has 2 heteroatoms. The summed E-state index contributed by atoms with van der Waals surface area (Å²) in [4.78, 5) is 2.44. The first-order chi connectivity index (χ1) is 15.8. The van der Waals surface area contributed by atoms with Gasteiger partial charge in [0, 0.05) is 14.8 Å². The Hall–Kier alpha value is -3.26. The molecular formula is C30H19ClS. The smallest absolute Gasteiger partial charge is 0.0412 e. The van der Waals surface area contributed by atoms with Gasteiger partial charge in [-0.25, -0.2) is 0 Å². The fraction of sp³-hybridized carbons (Fsp3) is 0. The second-order valence-corrected chi connectivity index (χ2v) is 9.40. The molecule has 0 fully saturated rings. The summed E-state index contributed by atoms with van der Waals surface area (Å²) in [6.07, 6.45) is 0. The number of fused-ring (bicyclic) bond motifs is 9. The van der Waals surface area contributed by atoms with E-state index < -0.39 is 0 Å². The lowest BCUT2D eigenvalue weighted by Gasteiger charge is -2.17. The zero-order chi connectivity index (χ0) is 21.5. The van der Waals surface area contributed by atoms with Crippen LogP contribution in [0.2, 0.25) is 5.02 Å². The van der Waals surface area contributed by atoms with Gasteiger partial charge in [-0.1, -0.05) is 114 Å². The van der Waals surface area contributed by atoms with Crippen molar-refractivity contribution in [2.24, 2.45) is 0 Å². The Kier molecular flexibility index (Phi) is 4.87. The molecule has 0 spiro atoms. The van der Waals surface area contributed by atoms with Gasteiger partial charge >= 0.3 is 0 Å². The quantitative estimate of drug-likeness (QED) is 0.224. The summed E-state index contributed by atoms with van der Waals surface area (Å²) >= 11 is 8.31. The van der Waals surface area contributed by atoms with Crippen molar-refractivity contribution in [1.82, 2.24) is 0 Å². The highest BCUT2D eigenvalue weighted by molar-refractivity contribution is 7.99. The molecular weight excluding hydrogens is 428 g/mol. The molecule has 1 aliphatic heterocycles. The number of hydrogen-bond acceptors (Lipinski definition) is 1. The maximum absolute atomic E-state index is 6.51. The molecule has 1 heterocycles. The summed E-state index contributed by atoms with van der Waals surface area (Å²) in [5.41, 5.74) is 9.78. The monoisotopic (exact) mass is 446 g/mol. The Balaban J connectivity index is 1.79. The summed E-state index contributed by atoms with van der Waals surface area (Å²) in [7, 11) is 0. The second-order valence-electron chi connectivity index (χ2n) is 7.88. The van der Waals surface area contributed by atoms with Crippen LogP contribution in [0.1, 0.15) is 0 Å². The third-order valence-corrected chi connectivity index (χ3v) is 7.38. The van der Waals surface area contributed by atoms with Crippen LogP contribution < -0.4 is 0 Å². The first kappa shape index (κ1) is 19.4. The topological polar surface area (TPSA) is 0 Å². The zero-order valence-electron chi connectivity index (χ0n) is 17.3. The Labute approximate surface area is 197 Å². The third kappa shape index (κ3) is 3.26. The van der Waals surface area contributed by atoms with E-state index in [0.717, 1.165) is 10.6 Å². The van der Waals surface area contributed by atoms with Crippen LogP contribution in [0.5, 0.6) is 0 Å². The Morgan fingerprint density at radius 1 is 0.375 bits per heavy atom. The molecule has 0 aliphatic carbocycles. The molecule has 0 amide bonds. The van der Waals surface area contributed by atoms with E-state index in [1.807, 2.05) is 6.07 Å². The Morgan fingerprint density at radius 3 is 1.28 bits per heavy atom. The molecule has 0 unspecified atom stereocenters. The van der Waals surface area contributed by atoms with Crippen LogP contribution in [0, 0.1) is 0 Å². The minimum absolute atomic E-state index is 0.749. The number of benzene rings is 5. The molecule has 152 valence electrons. The van der Waals surface area contributed by atoms with Gasteiger partial charge in [-0.2, -0.15) is 0 Å². The van der Waals surface area contributed by atoms with Crippen molar-refractivity contribution in [2.45, 2.75) is 9.79 Å². The minimum Gasteiger partial charge on any atom is -0.0888 e. The van der Waals surface area contributed by atoms with E-state index in [0.29, 0.717) is 0 Å². The van der Waals surface area contributed by atoms with E-state index in [2.05, 4.69) is 109 Å². The van der Waals surface area contributed by atoms with Gasteiger partial charge in [0.2, 0.25) is 0 Å². The van der Waals surface area contributed by atoms with Gasteiger partial charge in [0.1, 0.15) is 0 Å². The zero-order valence-corrected chi connectivity index (χ0v) is 18.8. The highest BCUT2D eigenvalue weighted by Crippen LogP contribution is 2.48. The summed E-state index contributed by atoms with van der Waals surface area (Å²) in [6.45, 7) is 0. The molecule has 5 aromatic carbocycles. The molecule has 0 aromatic heterocycles. The normalized spacial score (nSPS) is 11.8. The Bertz CT molecular complexity index is 1470. The predicted molar refractivity (Wildman–Crippen MR) is 137 cm³/mol. The van der Waals surface area contributed by atoms with Crippen molar-refractivity contribution in [1.29, 1.82) is 0 Å². The van der Waals surface area contributed by atoms with Crippen LogP contribution in [0.25, 0.3) is 44.5 Å². The molecule has 0 N–H and O–H groups in total. The van der Waals surface area contributed by atoms with Gasteiger partial charge in [-0.3, -0.25) is 0 Å². The highest BCUT2D eigenvalue weighted by atomic mass is 35.5. The largest absolute Gasteiger partial charge is 0.0888 e. The van der Waals surface area contributed by atoms with Crippen LogP contribution in [-0.2, 0) is 0 Å². The average Bonchev–Trinajstić information content (AvgIpc) is 2.86. The van der Waals surface area contributed by atoms with Gasteiger partial charge < -0.3 is 0 Å². The molecule has 0 saturated heterocycles. The predicted octanol–water partition coefficient (Wildman–Crippen LogP) is 9.47. The first-order valence-electron chi connectivity index (χ1n) is 10.6. The fourth-order valence-corrected chi connectivity index (χ4v) is 5.82. The first-order valence-corrected chi connectivity index (χ1v) is 11.8. The lowest BCUT2D eigenvalue weighted by molar-refractivity contribution is 1.40. The van der Waals surface area contributed by atoms with E-state index in [1.165, 1.54) is 48.7 Å². The number of hydrogen-bond donors (Lipinski definition) is 0. The highest BCUT2D eigenvalue weighted by Gasteiger charge is 2.20. The molecule has 5 aromatic rings. The van der Waals surface area contributed by atoms with Gasteiger partial charge in [0.05, 0.1) is 0 Å². The second kappa shape index (κ2) is 8.02. The molecule has 32 heavy (non-hydrogen) atoms. The van der Waals surface area contributed by atoms with E-state index in [-0.39, 0.29) is 0 Å². The number of halogens is 1. The third-order valence-electron chi connectivity index (χ3n) is 5.99. The molecule has 0 bridgehead atoms. The minimum atomic E-state index is 0.749. The van der Waals surface area contributed by atoms with Crippen LogP contribution in [0.3, 0.4) is 0 Å². The molecule has 6 rings (SSSR count). The lowest BCUT2D eigenvalue weighted by atomic mass is 9.87. The molecule has 0 saturated carbocycles. The summed E-state index contributed by atoms with van der Waals surface area (Å²) < 4.78 is 0. The van der Waals surface area contributed by atoms with Gasteiger partial charge in [0.25, 0.3) is 0 Å². The van der Waals surface area contributed by atoms with E-state index >= 15 is 0 Å². The van der Waals surface area contributed by atoms with E-state index in [9.17, 15) is 0 Å². The van der Waals surface area contributed by atoms with Crippen molar-refractivity contribution in [2.75, 3.05) is 0 Å². The molecule has 0 nitrogen and oxygen atoms in total. The van der Waals surface area contributed by atoms with Crippen LogP contribution in [-0.4, -0.2) is 0 Å². The van der Waals surface area contributed by atoms with Gasteiger partial charge in [-0.05, 0) is 68.8 Å². The van der Waals surface area contributed by atoms with Crippen molar-refractivity contribution in [3.8, 4) is 44.5 Å². The Morgan fingerprint density at radius 2 is 0.750 bits per heavy atom. The lowest BCUT2D eigenvalue weighted by Crippen LogP contribution is -1.91. The van der Waals surface area contributed by atoms with Crippen LogP contribution in [0.15, 0.2) is 125 Å². The van der Waals surface area contributed by atoms with Gasteiger partial charge in [-0.15, -0.1) is 0 Å². The molecule has 1 aliphatic rings. The fourth-order valence-electron chi connectivity index (χ4n) is 4.56. The van der Waals surface area contributed by atoms with Gasteiger partial charge in [0.15, 0.2) is 0 Å². The SMILES string of the molecule is Clc1ccc2c(c1)-c1ccccc1-c1ccccc1-c1ccccc1-c1ccccc1S2. The van der Waals surface area contributed by atoms with Crippen molar-refractivity contribution >= 4 is 23.4 Å². The summed E-state index contributed by atoms with van der Waals surface area (Å²) in [6, 6.07) is 41.0. The molecule has 0 atom stereocenters. The van der Waals surface area contributed by atoms with Crippen LogP contribution in [0.4, 0.5) is 0 Å². The standard InChI is InChI=1S/C30H19ClS/c31-20-17-18-30-28(19-20)26-14-6-4-12-24(26)22-10-2-1-9-21(22)23-11-3-5-13-25(23)27-15-7-8-16-29(27)32-30/h1-19H. The maximum atomic E-state index is 6.51.